The highest BCUT2D eigenvalue weighted by Gasteiger charge is 2.36. The second kappa shape index (κ2) is 6.18. The van der Waals surface area contributed by atoms with Crippen molar-refractivity contribution in [3.05, 3.63) is 70.2 Å². The van der Waals surface area contributed by atoms with E-state index < -0.39 is 17.8 Å². The predicted octanol–water partition coefficient (Wildman–Crippen LogP) is 3.12. The molecule has 0 atom stereocenters. The van der Waals surface area contributed by atoms with E-state index in [2.05, 4.69) is 21.2 Å². The number of urea groups is 1. The van der Waals surface area contributed by atoms with Crippen LogP contribution in [0.1, 0.15) is 5.56 Å². The van der Waals surface area contributed by atoms with Crippen molar-refractivity contribution in [1.29, 1.82) is 0 Å². The van der Waals surface area contributed by atoms with Crippen molar-refractivity contribution in [3.63, 3.8) is 0 Å². The van der Waals surface area contributed by atoms with Gasteiger partial charge in [0.05, 0.1) is 5.69 Å². The number of amides is 4. The van der Waals surface area contributed by atoms with Crippen molar-refractivity contribution in [2.24, 2.45) is 0 Å². The van der Waals surface area contributed by atoms with Gasteiger partial charge in [0.2, 0.25) is 0 Å². The number of anilines is 1. The zero-order chi connectivity index (χ0) is 16.4. The molecule has 0 aliphatic carbocycles. The molecule has 0 unspecified atom stereocenters. The average Bonchev–Trinajstić information content (AvgIpc) is 2.54. The van der Waals surface area contributed by atoms with Gasteiger partial charge in [-0.3, -0.25) is 14.9 Å². The maximum Gasteiger partial charge on any atom is 0.335 e. The normalized spacial score (nSPS) is 16.7. The molecule has 2 aromatic rings. The summed E-state index contributed by atoms with van der Waals surface area (Å²) in [5.74, 6) is -1.36. The van der Waals surface area contributed by atoms with E-state index in [0.29, 0.717) is 11.3 Å². The molecule has 1 saturated heterocycles. The van der Waals surface area contributed by atoms with Crippen molar-refractivity contribution in [2.75, 3.05) is 4.90 Å². The van der Waals surface area contributed by atoms with Gasteiger partial charge in [0.15, 0.2) is 0 Å². The maximum atomic E-state index is 12.6. The number of rotatable bonds is 2. The molecule has 114 valence electrons. The molecule has 2 aromatic carbocycles. The minimum absolute atomic E-state index is 0.0969. The molecule has 1 fully saturated rings. The molecule has 1 aliphatic heterocycles. The summed E-state index contributed by atoms with van der Waals surface area (Å²) in [4.78, 5) is 37.6. The van der Waals surface area contributed by atoms with Crippen LogP contribution < -0.4 is 10.2 Å². The molecule has 0 radical (unpaired) electrons. The van der Waals surface area contributed by atoms with Crippen molar-refractivity contribution < 1.29 is 14.4 Å². The Labute approximate surface area is 140 Å². The fourth-order valence-electron chi connectivity index (χ4n) is 2.22. The Balaban J connectivity index is 2.04. The number of hydrogen-bond donors (Lipinski definition) is 1. The van der Waals surface area contributed by atoms with E-state index in [0.717, 1.165) is 9.37 Å². The number of halogens is 1. The minimum atomic E-state index is -0.754. The number of imide groups is 2. The Morgan fingerprint density at radius 2 is 1.57 bits per heavy atom. The van der Waals surface area contributed by atoms with Crippen LogP contribution in [0.5, 0.6) is 0 Å². The van der Waals surface area contributed by atoms with E-state index in [-0.39, 0.29) is 5.57 Å². The van der Waals surface area contributed by atoms with Crippen LogP contribution in [-0.2, 0) is 9.59 Å². The quantitative estimate of drug-likeness (QED) is 0.652. The van der Waals surface area contributed by atoms with Crippen molar-refractivity contribution >= 4 is 45.5 Å². The van der Waals surface area contributed by atoms with E-state index in [4.69, 9.17) is 0 Å². The van der Waals surface area contributed by atoms with Gasteiger partial charge < -0.3 is 0 Å². The van der Waals surface area contributed by atoms with Crippen LogP contribution in [-0.4, -0.2) is 17.8 Å². The SMILES string of the molecule is O=C1NC(=O)N(c2ccccc2)C(=O)C1=Cc1ccccc1Br. The van der Waals surface area contributed by atoms with Crippen molar-refractivity contribution in [1.82, 2.24) is 5.32 Å². The van der Waals surface area contributed by atoms with E-state index in [1.165, 1.54) is 6.08 Å². The molecule has 1 heterocycles. The lowest BCUT2D eigenvalue weighted by molar-refractivity contribution is -0.122. The highest BCUT2D eigenvalue weighted by molar-refractivity contribution is 9.10. The van der Waals surface area contributed by atoms with Crippen LogP contribution in [0.25, 0.3) is 6.08 Å². The first-order valence-electron chi connectivity index (χ1n) is 6.79. The summed E-state index contributed by atoms with van der Waals surface area (Å²) in [7, 11) is 0. The van der Waals surface area contributed by atoms with E-state index in [1.807, 2.05) is 6.07 Å². The molecule has 6 heteroatoms. The number of benzene rings is 2. The van der Waals surface area contributed by atoms with Gasteiger partial charge in [-0.05, 0) is 29.8 Å². The highest BCUT2D eigenvalue weighted by atomic mass is 79.9. The zero-order valence-corrected chi connectivity index (χ0v) is 13.4. The number of carbonyl (C=O) groups excluding carboxylic acids is 3. The Morgan fingerprint density at radius 1 is 0.913 bits per heavy atom. The van der Waals surface area contributed by atoms with Gasteiger partial charge in [0.25, 0.3) is 11.8 Å². The van der Waals surface area contributed by atoms with Crippen LogP contribution in [0.3, 0.4) is 0 Å². The standard InChI is InChI=1S/C17H11BrN2O3/c18-14-9-5-4-6-11(14)10-13-15(21)19-17(23)20(16(13)22)12-7-2-1-3-8-12/h1-10H,(H,19,21,23). The van der Waals surface area contributed by atoms with Crippen LogP contribution in [0.2, 0.25) is 0 Å². The fraction of sp³-hybridized carbons (Fsp3) is 0. The summed E-state index contributed by atoms with van der Waals surface area (Å²) >= 11 is 3.37. The van der Waals surface area contributed by atoms with Crippen molar-refractivity contribution in [3.8, 4) is 0 Å². The average molecular weight is 371 g/mol. The number of hydrogen-bond acceptors (Lipinski definition) is 3. The lowest BCUT2D eigenvalue weighted by Crippen LogP contribution is -2.54. The number of nitrogens with one attached hydrogen (secondary N) is 1. The predicted molar refractivity (Wildman–Crippen MR) is 89.6 cm³/mol. The van der Waals surface area contributed by atoms with Crippen LogP contribution >= 0.6 is 15.9 Å². The lowest BCUT2D eigenvalue weighted by atomic mass is 10.1. The third-order valence-electron chi connectivity index (χ3n) is 3.32. The Bertz CT molecular complexity index is 831. The van der Waals surface area contributed by atoms with Gasteiger partial charge in [0, 0.05) is 4.47 Å². The summed E-state index contributed by atoms with van der Waals surface area (Å²) in [6, 6.07) is 14.9. The van der Waals surface area contributed by atoms with Gasteiger partial charge in [-0.1, -0.05) is 52.3 Å². The summed E-state index contributed by atoms with van der Waals surface area (Å²) in [6.07, 6.45) is 1.46. The largest absolute Gasteiger partial charge is 0.335 e. The first-order valence-corrected chi connectivity index (χ1v) is 7.58. The molecule has 1 aliphatic rings. The summed E-state index contributed by atoms with van der Waals surface area (Å²) in [6.45, 7) is 0. The summed E-state index contributed by atoms with van der Waals surface area (Å²) < 4.78 is 0.747. The number of nitrogens with zero attached hydrogens (tertiary/aromatic N) is 1. The molecule has 1 N–H and O–H groups in total. The van der Waals surface area contributed by atoms with E-state index in [9.17, 15) is 14.4 Å². The first-order chi connectivity index (χ1) is 11.1. The van der Waals surface area contributed by atoms with Gasteiger partial charge in [-0.15, -0.1) is 0 Å². The number of para-hydroxylation sites is 1. The molecule has 5 nitrogen and oxygen atoms in total. The number of carbonyl (C=O) groups is 3. The van der Waals surface area contributed by atoms with Gasteiger partial charge >= 0.3 is 6.03 Å². The molecule has 0 aromatic heterocycles. The third-order valence-corrected chi connectivity index (χ3v) is 4.04. The van der Waals surface area contributed by atoms with Gasteiger partial charge in [0.1, 0.15) is 5.57 Å². The highest BCUT2D eigenvalue weighted by Crippen LogP contribution is 2.24. The van der Waals surface area contributed by atoms with Crippen molar-refractivity contribution in [2.45, 2.75) is 0 Å². The topological polar surface area (TPSA) is 66.5 Å². The van der Waals surface area contributed by atoms with Gasteiger partial charge in [-0.25, -0.2) is 9.69 Å². The molecule has 23 heavy (non-hydrogen) atoms. The Kier molecular flexibility index (Phi) is 4.08. The minimum Gasteiger partial charge on any atom is -0.273 e. The first kappa shape index (κ1) is 15.2. The molecule has 4 amide bonds. The fourth-order valence-corrected chi connectivity index (χ4v) is 2.62. The van der Waals surface area contributed by atoms with Gasteiger partial charge in [-0.2, -0.15) is 0 Å². The van der Waals surface area contributed by atoms with Crippen LogP contribution in [0.15, 0.2) is 64.6 Å². The molecule has 0 bridgehead atoms. The molecular weight excluding hydrogens is 360 g/mol. The monoisotopic (exact) mass is 370 g/mol. The summed E-state index contributed by atoms with van der Waals surface area (Å²) in [5.41, 5.74) is 0.981. The second-order valence-electron chi connectivity index (χ2n) is 4.81. The smallest absolute Gasteiger partial charge is 0.273 e. The molecule has 0 saturated carbocycles. The van der Waals surface area contributed by atoms with Crippen LogP contribution in [0.4, 0.5) is 10.5 Å². The van der Waals surface area contributed by atoms with E-state index >= 15 is 0 Å². The number of barbiturate groups is 1. The third kappa shape index (κ3) is 2.93. The maximum absolute atomic E-state index is 12.6. The Morgan fingerprint density at radius 3 is 2.26 bits per heavy atom. The van der Waals surface area contributed by atoms with E-state index in [1.54, 1.807) is 48.5 Å². The Hall–Kier alpha value is -2.73. The molecule has 0 spiro atoms. The zero-order valence-electron chi connectivity index (χ0n) is 11.8. The molecule has 3 rings (SSSR count). The second-order valence-corrected chi connectivity index (χ2v) is 5.67. The summed E-state index contributed by atoms with van der Waals surface area (Å²) in [5, 5.41) is 2.19. The lowest BCUT2D eigenvalue weighted by Gasteiger charge is -2.26. The molecular formula is C17H11BrN2O3. The van der Waals surface area contributed by atoms with Crippen LogP contribution in [0, 0.1) is 0 Å².